The Kier molecular flexibility index (Phi) is 7.87. The number of halogens is 2. The normalized spacial score (nSPS) is 15.1. The summed E-state index contributed by atoms with van der Waals surface area (Å²) in [5.41, 5.74) is 7.71. The predicted octanol–water partition coefficient (Wildman–Crippen LogP) is 3.20. The van der Waals surface area contributed by atoms with Crippen LogP contribution in [0.2, 0.25) is 0 Å². The highest BCUT2D eigenvalue weighted by molar-refractivity contribution is 5.98. The molecule has 9 heteroatoms. The van der Waals surface area contributed by atoms with E-state index in [1.807, 2.05) is 53.2 Å². The zero-order chi connectivity index (χ0) is 18.7. The number of hydrogen-bond donors (Lipinski definition) is 2. The summed E-state index contributed by atoms with van der Waals surface area (Å²) in [6.07, 6.45) is 4.91. The fourth-order valence-electron chi connectivity index (χ4n) is 3.10. The van der Waals surface area contributed by atoms with Crippen molar-refractivity contribution in [2.45, 2.75) is 25.0 Å². The third-order valence-corrected chi connectivity index (χ3v) is 4.73. The van der Waals surface area contributed by atoms with Gasteiger partial charge in [-0.05, 0) is 37.1 Å². The minimum atomic E-state index is -0.883. The topological polar surface area (TPSA) is 90.9 Å². The number of nitrogens with zero attached hydrogens (tertiary/aromatic N) is 2. The maximum atomic E-state index is 12.5. The molecular formula is C20H24Cl2N4O3. The Bertz CT molecular complexity index is 925. The van der Waals surface area contributed by atoms with Gasteiger partial charge in [-0.25, -0.2) is 4.98 Å². The van der Waals surface area contributed by atoms with E-state index < -0.39 is 5.54 Å². The molecule has 0 spiro atoms. The zero-order valence-corrected chi connectivity index (χ0v) is 17.4. The number of nitrogens with one attached hydrogen (secondary N) is 1. The van der Waals surface area contributed by atoms with Crippen LogP contribution in [0.4, 0.5) is 5.69 Å². The fourth-order valence-corrected chi connectivity index (χ4v) is 3.10. The highest BCUT2D eigenvalue weighted by Crippen LogP contribution is 2.23. The second-order valence-corrected chi connectivity index (χ2v) is 6.74. The van der Waals surface area contributed by atoms with Crippen LogP contribution < -0.4 is 15.8 Å². The van der Waals surface area contributed by atoms with Crippen LogP contribution in [0.3, 0.4) is 0 Å². The highest BCUT2D eigenvalue weighted by Gasteiger charge is 2.35. The molecule has 4 rings (SSSR count). The number of pyridine rings is 1. The molecule has 0 atom stereocenters. The summed E-state index contributed by atoms with van der Waals surface area (Å²) in [4.78, 5) is 17.0. The van der Waals surface area contributed by atoms with Gasteiger partial charge in [0.15, 0.2) is 0 Å². The Balaban J connectivity index is 0.00000150. The van der Waals surface area contributed by atoms with Crippen molar-refractivity contribution in [3.63, 3.8) is 0 Å². The number of fused-ring (bicyclic) bond motifs is 1. The molecule has 1 amide bonds. The van der Waals surface area contributed by atoms with Crippen LogP contribution in [0.1, 0.15) is 18.5 Å². The van der Waals surface area contributed by atoms with E-state index in [1.165, 1.54) is 0 Å². The minimum Gasteiger partial charge on any atom is -0.487 e. The van der Waals surface area contributed by atoms with Crippen molar-refractivity contribution in [3.05, 3.63) is 60.6 Å². The van der Waals surface area contributed by atoms with Crippen LogP contribution in [0.5, 0.6) is 5.75 Å². The van der Waals surface area contributed by atoms with E-state index in [0.717, 1.165) is 11.3 Å². The second-order valence-electron chi connectivity index (χ2n) is 6.74. The van der Waals surface area contributed by atoms with Gasteiger partial charge in [0.05, 0.1) is 5.69 Å². The quantitative estimate of drug-likeness (QED) is 0.637. The van der Waals surface area contributed by atoms with Crippen molar-refractivity contribution in [1.82, 2.24) is 9.38 Å². The lowest BCUT2D eigenvalue weighted by Gasteiger charge is -2.31. The van der Waals surface area contributed by atoms with Gasteiger partial charge in [-0.2, -0.15) is 0 Å². The molecule has 0 aliphatic carbocycles. The van der Waals surface area contributed by atoms with E-state index in [2.05, 4.69) is 10.3 Å². The zero-order valence-electron chi connectivity index (χ0n) is 15.7. The standard InChI is InChI=1S/C20H22N4O3.2ClH/c21-20(7-10-26-11-8-20)19(25)23-15-4-3-5-17(12-15)27-14-16-13-24-9-2-1-6-18(24)22-16;;/h1-6,9,12-13H,7-8,10-11,14,21H2,(H,23,25);2*1H. The number of nitrogens with two attached hydrogens (primary N) is 1. The van der Waals surface area contributed by atoms with Crippen molar-refractivity contribution in [2.24, 2.45) is 5.73 Å². The van der Waals surface area contributed by atoms with E-state index in [-0.39, 0.29) is 30.7 Å². The summed E-state index contributed by atoms with van der Waals surface area (Å²) in [5, 5.41) is 2.89. The lowest BCUT2D eigenvalue weighted by molar-refractivity contribution is -0.124. The van der Waals surface area contributed by atoms with E-state index in [0.29, 0.717) is 44.1 Å². The monoisotopic (exact) mass is 438 g/mol. The van der Waals surface area contributed by atoms with Gasteiger partial charge < -0.3 is 24.9 Å². The number of rotatable bonds is 5. The van der Waals surface area contributed by atoms with Gasteiger partial charge in [-0.3, -0.25) is 4.79 Å². The number of hydrogen-bond acceptors (Lipinski definition) is 5. The first kappa shape index (κ1) is 23.0. The molecule has 3 aromatic rings. The van der Waals surface area contributed by atoms with Gasteiger partial charge in [0.25, 0.3) is 0 Å². The maximum absolute atomic E-state index is 12.5. The molecule has 7 nitrogen and oxygen atoms in total. The molecule has 1 fully saturated rings. The maximum Gasteiger partial charge on any atom is 0.244 e. The minimum absolute atomic E-state index is 0. The predicted molar refractivity (Wildman–Crippen MR) is 116 cm³/mol. The largest absolute Gasteiger partial charge is 0.487 e. The van der Waals surface area contributed by atoms with Gasteiger partial charge in [-0.1, -0.05) is 12.1 Å². The number of amides is 1. The van der Waals surface area contributed by atoms with Crippen LogP contribution in [0.15, 0.2) is 54.9 Å². The first-order valence-corrected chi connectivity index (χ1v) is 8.96. The molecule has 1 aromatic carbocycles. The number of aromatic nitrogens is 2. The molecule has 0 unspecified atom stereocenters. The lowest BCUT2D eigenvalue weighted by atomic mass is 9.90. The Morgan fingerprint density at radius 3 is 2.76 bits per heavy atom. The average molecular weight is 439 g/mol. The molecule has 3 heterocycles. The molecule has 1 aliphatic heterocycles. The third kappa shape index (κ3) is 5.39. The van der Waals surface area contributed by atoms with Gasteiger partial charge >= 0.3 is 0 Å². The molecule has 1 aliphatic rings. The molecule has 156 valence electrons. The number of carbonyl (C=O) groups excluding carboxylic acids is 1. The Morgan fingerprint density at radius 1 is 1.21 bits per heavy atom. The van der Waals surface area contributed by atoms with Crippen LogP contribution in [-0.4, -0.2) is 34.0 Å². The SMILES string of the molecule is Cl.Cl.NC1(C(=O)Nc2cccc(OCc3cn4ccccc4n3)c2)CCOCC1. The smallest absolute Gasteiger partial charge is 0.244 e. The lowest BCUT2D eigenvalue weighted by Crippen LogP contribution is -2.54. The number of ether oxygens (including phenoxy) is 2. The van der Waals surface area contributed by atoms with Crippen molar-refractivity contribution >= 4 is 42.1 Å². The summed E-state index contributed by atoms with van der Waals surface area (Å²) >= 11 is 0. The highest BCUT2D eigenvalue weighted by atomic mass is 35.5. The molecule has 1 saturated heterocycles. The second kappa shape index (κ2) is 9.93. The summed E-state index contributed by atoms with van der Waals surface area (Å²) in [7, 11) is 0. The Morgan fingerprint density at radius 2 is 2.00 bits per heavy atom. The first-order valence-electron chi connectivity index (χ1n) is 8.96. The number of anilines is 1. The molecular weight excluding hydrogens is 415 g/mol. The fraction of sp³-hybridized carbons (Fsp3) is 0.300. The van der Waals surface area contributed by atoms with Crippen LogP contribution in [-0.2, 0) is 16.1 Å². The Labute approximate surface area is 181 Å². The van der Waals surface area contributed by atoms with E-state index in [1.54, 1.807) is 6.07 Å². The van der Waals surface area contributed by atoms with Gasteiger partial charge in [-0.15, -0.1) is 24.8 Å². The van der Waals surface area contributed by atoms with Crippen molar-refractivity contribution in [1.29, 1.82) is 0 Å². The molecule has 0 bridgehead atoms. The van der Waals surface area contributed by atoms with Crippen LogP contribution in [0.25, 0.3) is 5.65 Å². The van der Waals surface area contributed by atoms with Gasteiger partial charge in [0.2, 0.25) is 5.91 Å². The van der Waals surface area contributed by atoms with E-state index in [9.17, 15) is 4.79 Å². The third-order valence-electron chi connectivity index (χ3n) is 4.73. The summed E-state index contributed by atoms with van der Waals surface area (Å²) in [6.45, 7) is 1.36. The van der Waals surface area contributed by atoms with Crippen molar-refractivity contribution in [2.75, 3.05) is 18.5 Å². The van der Waals surface area contributed by atoms with Gasteiger partial charge in [0, 0.05) is 37.4 Å². The first-order chi connectivity index (χ1) is 13.1. The average Bonchev–Trinajstić information content (AvgIpc) is 3.10. The van der Waals surface area contributed by atoms with E-state index in [4.69, 9.17) is 15.2 Å². The molecule has 3 N–H and O–H groups in total. The molecule has 0 radical (unpaired) electrons. The molecule has 2 aromatic heterocycles. The molecule has 0 saturated carbocycles. The number of carbonyl (C=O) groups is 1. The van der Waals surface area contributed by atoms with Crippen LogP contribution in [0, 0.1) is 0 Å². The van der Waals surface area contributed by atoms with Crippen LogP contribution >= 0.6 is 24.8 Å². The van der Waals surface area contributed by atoms with Crippen molar-refractivity contribution in [3.8, 4) is 5.75 Å². The number of benzene rings is 1. The van der Waals surface area contributed by atoms with Gasteiger partial charge in [0.1, 0.15) is 23.5 Å². The van der Waals surface area contributed by atoms with Crippen molar-refractivity contribution < 1.29 is 14.3 Å². The number of imidazole rings is 1. The van der Waals surface area contributed by atoms with E-state index >= 15 is 0 Å². The Hall–Kier alpha value is -2.32. The summed E-state index contributed by atoms with van der Waals surface area (Å²) in [5.74, 6) is 0.464. The summed E-state index contributed by atoms with van der Waals surface area (Å²) in [6, 6.07) is 13.1. The molecule has 29 heavy (non-hydrogen) atoms. The summed E-state index contributed by atoms with van der Waals surface area (Å²) < 4.78 is 13.1.